The molecule has 0 N–H and O–H groups in total. The highest BCUT2D eigenvalue weighted by Gasteiger charge is 2.18. The molecule has 0 spiro atoms. The van der Waals surface area contributed by atoms with E-state index >= 15 is 0 Å². The Morgan fingerprint density at radius 3 is 2.67 bits per heavy atom. The third kappa shape index (κ3) is 3.44. The van der Waals surface area contributed by atoms with E-state index in [1.165, 1.54) is 19.2 Å². The Balaban J connectivity index is 3.15. The maximum Gasteiger partial charge on any atom is 0.335 e. The molecule has 0 aliphatic carbocycles. The SMILES string of the molecule is COCOc1cc(Br)ccc1S(=O)(=O)F. The van der Waals surface area contributed by atoms with Gasteiger partial charge in [0, 0.05) is 11.6 Å². The topological polar surface area (TPSA) is 52.6 Å². The highest BCUT2D eigenvalue weighted by molar-refractivity contribution is 9.10. The lowest BCUT2D eigenvalue weighted by Crippen LogP contribution is -2.03. The molecule has 1 aromatic rings. The van der Waals surface area contributed by atoms with Gasteiger partial charge in [-0.3, -0.25) is 0 Å². The van der Waals surface area contributed by atoms with E-state index in [2.05, 4.69) is 20.7 Å². The van der Waals surface area contributed by atoms with E-state index < -0.39 is 15.1 Å². The Morgan fingerprint density at radius 2 is 2.13 bits per heavy atom. The lowest BCUT2D eigenvalue weighted by atomic mass is 10.3. The van der Waals surface area contributed by atoms with Crippen molar-refractivity contribution in [2.45, 2.75) is 4.90 Å². The Kier molecular flexibility index (Phi) is 4.06. The van der Waals surface area contributed by atoms with E-state index in [4.69, 9.17) is 4.74 Å². The van der Waals surface area contributed by atoms with E-state index in [1.54, 1.807) is 0 Å². The molecule has 7 heteroatoms. The van der Waals surface area contributed by atoms with Gasteiger partial charge >= 0.3 is 10.2 Å². The van der Waals surface area contributed by atoms with Crippen molar-refractivity contribution in [3.05, 3.63) is 22.7 Å². The first-order valence-corrected chi connectivity index (χ1v) is 5.99. The fraction of sp³-hybridized carbons (Fsp3) is 0.250. The smallest absolute Gasteiger partial charge is 0.335 e. The highest BCUT2D eigenvalue weighted by atomic mass is 79.9. The lowest BCUT2D eigenvalue weighted by molar-refractivity contribution is 0.0489. The van der Waals surface area contributed by atoms with E-state index in [-0.39, 0.29) is 12.5 Å². The predicted molar refractivity (Wildman–Crippen MR) is 54.9 cm³/mol. The average Bonchev–Trinajstić information content (AvgIpc) is 2.12. The molecule has 84 valence electrons. The van der Waals surface area contributed by atoms with Crippen molar-refractivity contribution >= 4 is 26.2 Å². The van der Waals surface area contributed by atoms with Crippen LogP contribution in [0.3, 0.4) is 0 Å². The maximum atomic E-state index is 12.8. The maximum absolute atomic E-state index is 12.8. The first kappa shape index (κ1) is 12.4. The van der Waals surface area contributed by atoms with E-state index in [9.17, 15) is 12.3 Å². The van der Waals surface area contributed by atoms with Gasteiger partial charge in [0.15, 0.2) is 6.79 Å². The molecule has 0 unspecified atom stereocenters. The molecule has 1 rings (SSSR count). The summed E-state index contributed by atoms with van der Waals surface area (Å²) in [5, 5.41) is 0. The lowest BCUT2D eigenvalue weighted by Gasteiger charge is -2.08. The number of benzene rings is 1. The van der Waals surface area contributed by atoms with Gasteiger partial charge in [-0.05, 0) is 18.2 Å². The molecule has 0 heterocycles. The van der Waals surface area contributed by atoms with Crippen LogP contribution in [0.4, 0.5) is 3.89 Å². The molecule has 4 nitrogen and oxygen atoms in total. The number of methoxy groups -OCH3 is 1. The molecule has 1 aromatic carbocycles. The van der Waals surface area contributed by atoms with Crippen molar-refractivity contribution < 1.29 is 21.8 Å². The van der Waals surface area contributed by atoms with Crippen LogP contribution in [0.15, 0.2) is 27.6 Å². The molecule has 0 aliphatic heterocycles. The number of rotatable bonds is 4. The standard InChI is InChI=1S/C8H8BrFO4S/c1-13-5-14-7-4-6(9)2-3-8(7)15(10,11)12/h2-4H,5H2,1H3. The van der Waals surface area contributed by atoms with Crippen molar-refractivity contribution in [1.29, 1.82) is 0 Å². The first-order chi connectivity index (χ1) is 6.95. The van der Waals surface area contributed by atoms with Crippen LogP contribution in [0.1, 0.15) is 0 Å². The average molecular weight is 299 g/mol. The van der Waals surface area contributed by atoms with Crippen molar-refractivity contribution in [3.63, 3.8) is 0 Å². The van der Waals surface area contributed by atoms with E-state index in [0.717, 1.165) is 6.07 Å². The van der Waals surface area contributed by atoms with Gasteiger partial charge in [0.25, 0.3) is 0 Å². The van der Waals surface area contributed by atoms with Crippen molar-refractivity contribution in [2.75, 3.05) is 13.9 Å². The van der Waals surface area contributed by atoms with Crippen LogP contribution in [0.25, 0.3) is 0 Å². The highest BCUT2D eigenvalue weighted by Crippen LogP contribution is 2.28. The summed E-state index contributed by atoms with van der Waals surface area (Å²) in [6.45, 7) is -0.154. The van der Waals surface area contributed by atoms with Crippen LogP contribution >= 0.6 is 15.9 Å². The van der Waals surface area contributed by atoms with Crippen LogP contribution in [0.2, 0.25) is 0 Å². The zero-order valence-electron chi connectivity index (χ0n) is 7.74. The third-order valence-corrected chi connectivity index (χ3v) is 2.86. The van der Waals surface area contributed by atoms with E-state index in [1.807, 2.05) is 0 Å². The van der Waals surface area contributed by atoms with Gasteiger partial charge < -0.3 is 9.47 Å². The minimum Gasteiger partial charge on any atom is -0.466 e. The summed E-state index contributed by atoms with van der Waals surface area (Å²) >= 11 is 3.12. The van der Waals surface area contributed by atoms with Gasteiger partial charge in [0.1, 0.15) is 10.6 Å². The summed E-state index contributed by atoms with van der Waals surface area (Å²) in [6.07, 6.45) is 0. The van der Waals surface area contributed by atoms with Crippen LogP contribution in [-0.2, 0) is 15.0 Å². The summed E-state index contributed by atoms with van der Waals surface area (Å²) in [5.41, 5.74) is 0. The monoisotopic (exact) mass is 298 g/mol. The fourth-order valence-corrected chi connectivity index (χ4v) is 1.85. The number of ether oxygens (including phenoxy) is 2. The molecule has 0 fully saturated rings. The normalized spacial score (nSPS) is 11.4. The number of hydrogen-bond donors (Lipinski definition) is 0. The second-order valence-corrected chi connectivity index (χ2v) is 4.81. The van der Waals surface area contributed by atoms with Crippen LogP contribution in [0.5, 0.6) is 5.75 Å². The molecule has 15 heavy (non-hydrogen) atoms. The van der Waals surface area contributed by atoms with Gasteiger partial charge in [0.05, 0.1) is 0 Å². The molecular formula is C8H8BrFO4S. The third-order valence-electron chi connectivity index (χ3n) is 1.50. The first-order valence-electron chi connectivity index (χ1n) is 3.81. The van der Waals surface area contributed by atoms with Gasteiger partial charge in [-0.15, -0.1) is 3.89 Å². The molecule has 0 aliphatic rings. The Morgan fingerprint density at radius 1 is 1.47 bits per heavy atom. The van der Waals surface area contributed by atoms with E-state index in [0.29, 0.717) is 4.47 Å². The number of hydrogen-bond acceptors (Lipinski definition) is 4. The minimum absolute atomic E-state index is 0.0891. The van der Waals surface area contributed by atoms with Gasteiger partial charge in [-0.1, -0.05) is 15.9 Å². The second kappa shape index (κ2) is 4.91. The summed E-state index contributed by atoms with van der Waals surface area (Å²) in [7, 11) is -3.41. The van der Waals surface area contributed by atoms with Gasteiger partial charge in [-0.2, -0.15) is 8.42 Å². The zero-order valence-corrected chi connectivity index (χ0v) is 10.1. The summed E-state index contributed by atoms with van der Waals surface area (Å²) in [6, 6.07) is 3.88. The van der Waals surface area contributed by atoms with Crippen molar-refractivity contribution in [2.24, 2.45) is 0 Å². The second-order valence-electron chi connectivity index (χ2n) is 2.58. The molecule has 0 saturated carbocycles. The summed E-state index contributed by atoms with van der Waals surface area (Å²) < 4.78 is 44.3. The molecule has 0 amide bonds. The van der Waals surface area contributed by atoms with Gasteiger partial charge in [0.2, 0.25) is 0 Å². The summed E-state index contributed by atoms with van der Waals surface area (Å²) in [4.78, 5) is -0.511. The number of halogens is 2. The van der Waals surface area contributed by atoms with Crippen LogP contribution in [0, 0.1) is 0 Å². The molecule has 0 aromatic heterocycles. The van der Waals surface area contributed by atoms with Crippen LogP contribution < -0.4 is 4.74 Å². The largest absolute Gasteiger partial charge is 0.466 e. The zero-order chi connectivity index (χ0) is 11.5. The molecular weight excluding hydrogens is 291 g/mol. The van der Waals surface area contributed by atoms with Crippen LogP contribution in [-0.4, -0.2) is 22.3 Å². The van der Waals surface area contributed by atoms with Gasteiger partial charge in [-0.25, -0.2) is 0 Å². The Bertz CT molecular complexity index is 446. The Hall–Kier alpha value is -0.660. The molecule has 0 atom stereocenters. The summed E-state index contributed by atoms with van der Waals surface area (Å²) in [5.74, 6) is -0.0891. The molecule has 0 bridgehead atoms. The molecule has 0 saturated heterocycles. The van der Waals surface area contributed by atoms with Crippen molar-refractivity contribution in [1.82, 2.24) is 0 Å². The predicted octanol–water partition coefficient (Wildman–Crippen LogP) is 2.09. The quantitative estimate of drug-likeness (QED) is 0.631. The minimum atomic E-state index is -4.78. The van der Waals surface area contributed by atoms with Crippen molar-refractivity contribution in [3.8, 4) is 5.75 Å². The molecule has 0 radical (unpaired) electrons. The fourth-order valence-electron chi connectivity index (χ4n) is 0.919. The Labute approximate surface area is 95.3 Å².